The second-order valence-corrected chi connectivity index (χ2v) is 5.41. The number of hydrogen-bond acceptors (Lipinski definition) is 2. The molecule has 0 radical (unpaired) electrons. The molecule has 1 aliphatic carbocycles. The topological polar surface area (TPSA) is 60.9 Å². The van der Waals surface area contributed by atoms with Gasteiger partial charge in [0, 0.05) is 19.6 Å². The number of piperidine rings is 1. The number of carboxylic acid groups (broad SMARTS) is 1. The number of carbonyl (C=O) groups is 2. The first kappa shape index (κ1) is 13.7. The Morgan fingerprint density at radius 3 is 2.37 bits per heavy atom. The average molecular weight is 264 g/mol. The fourth-order valence-corrected chi connectivity index (χ4v) is 2.45. The van der Waals surface area contributed by atoms with Crippen molar-refractivity contribution in [3.8, 4) is 12.3 Å². The zero-order valence-corrected chi connectivity index (χ0v) is 11.0. The highest BCUT2D eigenvalue weighted by molar-refractivity contribution is 5.76. The molecule has 1 N–H and O–H groups in total. The summed E-state index contributed by atoms with van der Waals surface area (Å²) in [6.07, 6.45) is 8.74. The van der Waals surface area contributed by atoms with Crippen molar-refractivity contribution in [1.82, 2.24) is 9.80 Å². The van der Waals surface area contributed by atoms with Crippen LogP contribution in [0.25, 0.3) is 0 Å². The average Bonchev–Trinajstić information content (AvgIpc) is 3.21. The minimum Gasteiger partial charge on any atom is -0.481 e. The third kappa shape index (κ3) is 3.63. The fourth-order valence-electron chi connectivity index (χ4n) is 2.45. The molecule has 2 rings (SSSR count). The predicted octanol–water partition coefficient (Wildman–Crippen LogP) is 1.25. The largest absolute Gasteiger partial charge is 0.481 e. The first-order chi connectivity index (χ1) is 9.11. The Morgan fingerprint density at radius 1 is 1.26 bits per heavy atom. The molecule has 1 saturated carbocycles. The molecule has 19 heavy (non-hydrogen) atoms. The summed E-state index contributed by atoms with van der Waals surface area (Å²) < 4.78 is 0. The standard InChI is InChI=1S/C14H20N2O3/c1-2-7-16(10-11-3-4-11)14(19)15-8-5-12(6-9-15)13(17)18/h1,11-12H,3-10H2,(H,17,18). The molecule has 1 heterocycles. The van der Waals surface area contributed by atoms with Gasteiger partial charge >= 0.3 is 12.0 Å². The number of amides is 2. The fraction of sp³-hybridized carbons (Fsp3) is 0.714. The summed E-state index contributed by atoms with van der Waals surface area (Å²) in [5.41, 5.74) is 0. The van der Waals surface area contributed by atoms with E-state index in [2.05, 4.69) is 5.92 Å². The first-order valence-electron chi connectivity index (χ1n) is 6.82. The van der Waals surface area contributed by atoms with E-state index in [1.54, 1.807) is 9.80 Å². The molecule has 0 aromatic rings. The third-order valence-corrected chi connectivity index (χ3v) is 3.84. The monoisotopic (exact) mass is 264 g/mol. The van der Waals surface area contributed by atoms with Crippen LogP contribution in [0.3, 0.4) is 0 Å². The number of aliphatic carboxylic acids is 1. The second-order valence-electron chi connectivity index (χ2n) is 5.41. The van der Waals surface area contributed by atoms with Gasteiger partial charge in [-0.1, -0.05) is 5.92 Å². The van der Waals surface area contributed by atoms with Crippen LogP contribution >= 0.6 is 0 Å². The molecule has 0 bridgehead atoms. The van der Waals surface area contributed by atoms with Crippen molar-refractivity contribution in [2.75, 3.05) is 26.2 Å². The van der Waals surface area contributed by atoms with Crippen molar-refractivity contribution < 1.29 is 14.7 Å². The van der Waals surface area contributed by atoms with Crippen LogP contribution in [0, 0.1) is 24.2 Å². The van der Waals surface area contributed by atoms with Crippen LogP contribution in [0.4, 0.5) is 4.79 Å². The Morgan fingerprint density at radius 2 is 1.89 bits per heavy atom. The normalized spacial score (nSPS) is 19.8. The Labute approximate surface area is 113 Å². The Bertz CT molecular complexity index is 390. The highest BCUT2D eigenvalue weighted by atomic mass is 16.4. The minimum absolute atomic E-state index is 0.0336. The summed E-state index contributed by atoms with van der Waals surface area (Å²) in [4.78, 5) is 26.7. The summed E-state index contributed by atoms with van der Waals surface area (Å²) in [7, 11) is 0. The Hall–Kier alpha value is -1.70. The maximum absolute atomic E-state index is 12.3. The lowest BCUT2D eigenvalue weighted by Gasteiger charge is -2.34. The highest BCUT2D eigenvalue weighted by Gasteiger charge is 2.31. The molecule has 5 nitrogen and oxygen atoms in total. The van der Waals surface area contributed by atoms with E-state index in [0.717, 1.165) is 6.54 Å². The smallest absolute Gasteiger partial charge is 0.320 e. The van der Waals surface area contributed by atoms with E-state index in [9.17, 15) is 9.59 Å². The molecule has 0 aromatic heterocycles. The maximum atomic E-state index is 12.3. The molecule has 1 saturated heterocycles. The summed E-state index contributed by atoms with van der Waals surface area (Å²) in [6.45, 7) is 2.11. The summed E-state index contributed by atoms with van der Waals surface area (Å²) in [6, 6.07) is -0.0336. The van der Waals surface area contributed by atoms with Crippen molar-refractivity contribution in [2.24, 2.45) is 11.8 Å². The Balaban J connectivity index is 1.87. The van der Waals surface area contributed by atoms with E-state index in [0.29, 0.717) is 38.4 Å². The number of carboxylic acids is 1. The summed E-state index contributed by atoms with van der Waals surface area (Å²) in [5, 5.41) is 8.94. The molecule has 0 spiro atoms. The van der Waals surface area contributed by atoms with Crippen LogP contribution in [-0.4, -0.2) is 53.1 Å². The van der Waals surface area contributed by atoms with Gasteiger partial charge in [0.05, 0.1) is 12.5 Å². The summed E-state index contributed by atoms with van der Waals surface area (Å²) >= 11 is 0. The molecular formula is C14H20N2O3. The van der Waals surface area contributed by atoms with E-state index >= 15 is 0 Å². The zero-order chi connectivity index (χ0) is 13.8. The molecule has 0 atom stereocenters. The number of urea groups is 1. The van der Waals surface area contributed by atoms with Crippen LogP contribution in [0.5, 0.6) is 0 Å². The van der Waals surface area contributed by atoms with Gasteiger partial charge in [0.2, 0.25) is 0 Å². The van der Waals surface area contributed by atoms with Gasteiger partial charge in [0.1, 0.15) is 0 Å². The lowest BCUT2D eigenvalue weighted by Crippen LogP contribution is -2.48. The van der Waals surface area contributed by atoms with Gasteiger partial charge in [-0.05, 0) is 31.6 Å². The highest BCUT2D eigenvalue weighted by Crippen LogP contribution is 2.30. The molecule has 1 aliphatic heterocycles. The minimum atomic E-state index is -0.759. The number of likely N-dealkylation sites (tertiary alicyclic amines) is 1. The van der Waals surface area contributed by atoms with E-state index < -0.39 is 5.97 Å². The van der Waals surface area contributed by atoms with Gasteiger partial charge < -0.3 is 14.9 Å². The number of terminal acetylenes is 1. The van der Waals surface area contributed by atoms with Crippen LogP contribution < -0.4 is 0 Å². The van der Waals surface area contributed by atoms with E-state index in [-0.39, 0.29) is 11.9 Å². The van der Waals surface area contributed by atoms with Gasteiger partial charge in [-0.25, -0.2) is 4.79 Å². The van der Waals surface area contributed by atoms with E-state index in [4.69, 9.17) is 11.5 Å². The van der Waals surface area contributed by atoms with Crippen LogP contribution in [0.15, 0.2) is 0 Å². The van der Waals surface area contributed by atoms with Crippen LogP contribution in [0.2, 0.25) is 0 Å². The lowest BCUT2D eigenvalue weighted by molar-refractivity contribution is -0.143. The molecule has 2 aliphatic rings. The van der Waals surface area contributed by atoms with E-state index in [1.165, 1.54) is 12.8 Å². The molecule has 104 valence electrons. The predicted molar refractivity (Wildman–Crippen MR) is 70.5 cm³/mol. The van der Waals surface area contributed by atoms with Crippen LogP contribution in [-0.2, 0) is 4.79 Å². The van der Waals surface area contributed by atoms with Crippen LogP contribution in [0.1, 0.15) is 25.7 Å². The summed E-state index contributed by atoms with van der Waals surface area (Å²) in [5.74, 6) is 2.07. The SMILES string of the molecule is C#CCN(CC1CC1)C(=O)N1CCC(C(=O)O)CC1. The van der Waals surface area contributed by atoms with Crippen molar-refractivity contribution >= 4 is 12.0 Å². The number of carbonyl (C=O) groups excluding carboxylic acids is 1. The molecule has 0 unspecified atom stereocenters. The molecule has 2 fully saturated rings. The van der Waals surface area contributed by atoms with Crippen molar-refractivity contribution in [3.63, 3.8) is 0 Å². The van der Waals surface area contributed by atoms with Gasteiger partial charge in [-0.2, -0.15) is 0 Å². The Kier molecular flexibility index (Phi) is 4.31. The first-order valence-corrected chi connectivity index (χ1v) is 6.82. The van der Waals surface area contributed by atoms with Gasteiger partial charge in [-0.15, -0.1) is 6.42 Å². The molecule has 2 amide bonds. The third-order valence-electron chi connectivity index (χ3n) is 3.84. The zero-order valence-electron chi connectivity index (χ0n) is 11.0. The molecular weight excluding hydrogens is 244 g/mol. The number of rotatable bonds is 4. The van der Waals surface area contributed by atoms with Crippen molar-refractivity contribution in [2.45, 2.75) is 25.7 Å². The number of hydrogen-bond donors (Lipinski definition) is 1. The van der Waals surface area contributed by atoms with Crippen molar-refractivity contribution in [1.29, 1.82) is 0 Å². The van der Waals surface area contributed by atoms with Crippen molar-refractivity contribution in [3.05, 3.63) is 0 Å². The van der Waals surface area contributed by atoms with E-state index in [1.807, 2.05) is 0 Å². The molecule has 0 aromatic carbocycles. The lowest BCUT2D eigenvalue weighted by atomic mass is 9.97. The second kappa shape index (κ2) is 5.96. The van der Waals surface area contributed by atoms with Gasteiger partial charge in [0.25, 0.3) is 0 Å². The van der Waals surface area contributed by atoms with Gasteiger partial charge in [-0.3, -0.25) is 4.79 Å². The number of nitrogens with zero attached hydrogens (tertiary/aromatic N) is 2. The maximum Gasteiger partial charge on any atom is 0.320 e. The molecule has 5 heteroatoms. The van der Waals surface area contributed by atoms with Gasteiger partial charge in [0.15, 0.2) is 0 Å². The quantitative estimate of drug-likeness (QED) is 0.777.